The van der Waals surface area contributed by atoms with Gasteiger partial charge in [0.05, 0.1) is 5.56 Å². The summed E-state index contributed by atoms with van der Waals surface area (Å²) in [4.78, 5) is 38.5. The van der Waals surface area contributed by atoms with Crippen LogP contribution in [0.1, 0.15) is 24.6 Å². The topological polar surface area (TPSA) is 104 Å². The number of ether oxygens (including phenoxy) is 3. The van der Waals surface area contributed by atoms with Crippen LogP contribution in [-0.4, -0.2) is 36.4 Å². The van der Waals surface area contributed by atoms with Crippen molar-refractivity contribution >= 4 is 29.6 Å². The number of hydrogen-bond donors (Lipinski definition) is 1. The van der Waals surface area contributed by atoms with E-state index < -0.39 is 24.8 Å². The molecule has 1 N–H and O–H groups in total. The molecule has 0 aliphatic heterocycles. The number of nitrogens with one attached hydrogen (secondary N) is 1. The van der Waals surface area contributed by atoms with Gasteiger partial charge in [0.2, 0.25) is 6.79 Å². The van der Waals surface area contributed by atoms with E-state index in [0.717, 1.165) is 0 Å². The molecule has 0 unspecified atom stereocenters. The van der Waals surface area contributed by atoms with Crippen LogP contribution in [0, 0.1) is 0 Å². The maximum Gasteiger partial charge on any atom is 1.00 e. The van der Waals surface area contributed by atoms with Crippen LogP contribution in [0.3, 0.4) is 0 Å². The van der Waals surface area contributed by atoms with E-state index in [-0.39, 0.29) is 49.5 Å². The Morgan fingerprint density at radius 3 is 2.54 bits per heavy atom. The molecule has 144 valence electrons. The Morgan fingerprint density at radius 2 is 1.86 bits per heavy atom. The molecule has 0 atom stereocenters. The molecule has 2 rings (SSSR count). The minimum Gasteiger partial charge on any atom is -1.00 e. The van der Waals surface area contributed by atoms with Crippen molar-refractivity contribution in [1.82, 2.24) is 10.3 Å². The van der Waals surface area contributed by atoms with Crippen LogP contribution in [0.25, 0.3) is 0 Å². The Labute approximate surface area is 190 Å². The number of nitrogens with zero attached hydrogens (tertiary/aromatic N) is 1. The van der Waals surface area contributed by atoms with Gasteiger partial charge in [-0.05, 0) is 42.8 Å². The predicted octanol–water partition coefficient (Wildman–Crippen LogP) is 0.0778. The first-order chi connectivity index (χ1) is 13.0. The van der Waals surface area contributed by atoms with Crippen molar-refractivity contribution in [1.29, 1.82) is 0 Å². The van der Waals surface area contributed by atoms with Crippen LogP contribution >= 0.6 is 11.6 Å². The molecule has 1 aromatic heterocycles. The van der Waals surface area contributed by atoms with E-state index in [1.807, 2.05) is 0 Å². The second-order valence-electron chi connectivity index (χ2n) is 5.18. The standard InChI is InChI=1S/C18H17ClN2O6.Na.H/c19-14-5-7-15(8-6-14)27-16(22)4-2-10-21-18(24)26-12-25-17(23)13-3-1-9-20-11-13;;/h1,3,5-9,11H,2,4,10,12H2,(H,21,24);;/q;+1;-1. The first kappa shape index (κ1) is 23.9. The summed E-state index contributed by atoms with van der Waals surface area (Å²) in [5.41, 5.74) is 0.251. The molecule has 28 heavy (non-hydrogen) atoms. The molecular formula is C18H18ClN2NaO6. The molecular weight excluding hydrogens is 399 g/mol. The van der Waals surface area contributed by atoms with E-state index in [2.05, 4.69) is 10.3 Å². The zero-order chi connectivity index (χ0) is 19.5. The number of pyridine rings is 1. The third-order valence-electron chi connectivity index (χ3n) is 3.15. The van der Waals surface area contributed by atoms with Crippen LogP contribution in [-0.2, 0) is 14.3 Å². The quantitative estimate of drug-likeness (QED) is 0.214. The van der Waals surface area contributed by atoms with Gasteiger partial charge in [-0.2, -0.15) is 0 Å². The van der Waals surface area contributed by atoms with Gasteiger partial charge in [0.1, 0.15) is 5.75 Å². The number of alkyl carbamates (subject to hydrolysis) is 1. The fraction of sp³-hybridized carbons (Fsp3) is 0.222. The zero-order valence-corrected chi connectivity index (χ0v) is 18.0. The van der Waals surface area contributed by atoms with Crippen LogP contribution in [0.5, 0.6) is 5.75 Å². The summed E-state index contributed by atoms with van der Waals surface area (Å²) < 4.78 is 14.6. The average molecular weight is 417 g/mol. The number of carbonyl (C=O) groups is 3. The van der Waals surface area contributed by atoms with Crippen LogP contribution in [0.2, 0.25) is 5.02 Å². The normalized spacial score (nSPS) is 9.61. The van der Waals surface area contributed by atoms with Gasteiger partial charge < -0.3 is 21.0 Å². The summed E-state index contributed by atoms with van der Waals surface area (Å²) in [5.74, 6) is -0.689. The molecule has 8 nitrogen and oxygen atoms in total. The molecule has 0 aliphatic carbocycles. The molecule has 1 aromatic carbocycles. The summed E-state index contributed by atoms with van der Waals surface area (Å²) in [6.07, 6.45) is 2.56. The molecule has 0 fully saturated rings. The molecule has 1 heterocycles. The molecule has 2 aromatic rings. The van der Waals surface area contributed by atoms with Gasteiger partial charge in [0, 0.05) is 30.4 Å². The Balaban J connectivity index is 0.00000392. The molecule has 0 saturated carbocycles. The first-order valence-electron chi connectivity index (χ1n) is 7.98. The Kier molecular flexibility index (Phi) is 11.2. The number of hydrogen-bond acceptors (Lipinski definition) is 7. The fourth-order valence-corrected chi connectivity index (χ4v) is 1.99. The smallest absolute Gasteiger partial charge is 1.00 e. The van der Waals surface area contributed by atoms with Crippen LogP contribution in [0.15, 0.2) is 48.8 Å². The molecule has 0 saturated heterocycles. The van der Waals surface area contributed by atoms with Crippen molar-refractivity contribution in [3.8, 4) is 5.75 Å². The van der Waals surface area contributed by atoms with E-state index in [0.29, 0.717) is 17.2 Å². The summed E-state index contributed by atoms with van der Waals surface area (Å²) in [6, 6.07) is 9.51. The SMILES string of the molecule is O=C(CCCNC(=O)OCOC(=O)c1cccnc1)Oc1ccc(Cl)cc1.[H-].[Na+]. The number of carbonyl (C=O) groups excluding carboxylic acids is 3. The van der Waals surface area contributed by atoms with Crippen LogP contribution < -0.4 is 39.6 Å². The van der Waals surface area contributed by atoms with Gasteiger partial charge in [-0.3, -0.25) is 9.78 Å². The fourth-order valence-electron chi connectivity index (χ4n) is 1.86. The Morgan fingerprint density at radius 1 is 1.11 bits per heavy atom. The van der Waals surface area contributed by atoms with E-state index in [4.69, 9.17) is 25.8 Å². The average Bonchev–Trinajstić information content (AvgIpc) is 2.67. The maximum atomic E-state index is 11.7. The Bertz CT molecular complexity index is 780. The summed E-state index contributed by atoms with van der Waals surface area (Å²) in [5, 5.41) is 2.98. The predicted molar refractivity (Wildman–Crippen MR) is 96.4 cm³/mol. The monoisotopic (exact) mass is 416 g/mol. The second-order valence-corrected chi connectivity index (χ2v) is 5.62. The second kappa shape index (κ2) is 13.1. The van der Waals surface area contributed by atoms with Crippen molar-refractivity contribution in [3.63, 3.8) is 0 Å². The van der Waals surface area contributed by atoms with E-state index in [9.17, 15) is 14.4 Å². The van der Waals surface area contributed by atoms with Crippen molar-refractivity contribution < 1.29 is 59.6 Å². The molecule has 0 aliphatic rings. The van der Waals surface area contributed by atoms with Gasteiger partial charge in [-0.15, -0.1) is 0 Å². The van der Waals surface area contributed by atoms with E-state index >= 15 is 0 Å². The third kappa shape index (κ3) is 9.18. The van der Waals surface area contributed by atoms with Gasteiger partial charge in [0.25, 0.3) is 0 Å². The third-order valence-corrected chi connectivity index (χ3v) is 3.40. The number of rotatable bonds is 8. The van der Waals surface area contributed by atoms with Gasteiger partial charge in [-0.25, -0.2) is 9.59 Å². The van der Waals surface area contributed by atoms with Crippen molar-refractivity contribution in [2.75, 3.05) is 13.3 Å². The van der Waals surface area contributed by atoms with E-state index in [1.54, 1.807) is 30.3 Å². The number of amides is 1. The molecule has 10 heteroatoms. The Hall–Kier alpha value is -2.13. The first-order valence-corrected chi connectivity index (χ1v) is 8.36. The van der Waals surface area contributed by atoms with Crippen molar-refractivity contribution in [2.45, 2.75) is 12.8 Å². The van der Waals surface area contributed by atoms with Crippen LogP contribution in [0.4, 0.5) is 4.79 Å². The summed E-state index contributed by atoms with van der Waals surface area (Å²) in [6.45, 7) is -0.330. The maximum absolute atomic E-state index is 11.7. The number of halogens is 1. The van der Waals surface area contributed by atoms with E-state index in [1.165, 1.54) is 18.5 Å². The summed E-state index contributed by atoms with van der Waals surface area (Å²) >= 11 is 5.74. The number of benzene rings is 1. The number of aromatic nitrogens is 1. The van der Waals surface area contributed by atoms with Gasteiger partial charge >= 0.3 is 47.6 Å². The molecule has 0 radical (unpaired) electrons. The van der Waals surface area contributed by atoms with Crippen molar-refractivity contribution in [3.05, 3.63) is 59.4 Å². The number of esters is 2. The van der Waals surface area contributed by atoms with Gasteiger partial charge in [-0.1, -0.05) is 11.6 Å². The minimum absolute atomic E-state index is 0. The molecule has 0 spiro atoms. The van der Waals surface area contributed by atoms with Crippen molar-refractivity contribution in [2.24, 2.45) is 0 Å². The molecule has 1 amide bonds. The zero-order valence-electron chi connectivity index (χ0n) is 16.2. The minimum atomic E-state index is -0.764. The molecule has 0 bridgehead atoms. The van der Waals surface area contributed by atoms with Gasteiger partial charge in [0.15, 0.2) is 0 Å². The summed E-state index contributed by atoms with van der Waals surface area (Å²) in [7, 11) is 0. The largest absolute Gasteiger partial charge is 1.00 e.